The van der Waals surface area contributed by atoms with Gasteiger partial charge in [-0.25, -0.2) is 5.84 Å². The van der Waals surface area contributed by atoms with Crippen molar-refractivity contribution in [2.75, 3.05) is 26.8 Å². The fourth-order valence-electron chi connectivity index (χ4n) is 1.67. The highest BCUT2D eigenvalue weighted by molar-refractivity contribution is 7.14. The highest BCUT2D eigenvalue weighted by Gasteiger charge is 2.13. The Kier molecular flexibility index (Phi) is 6.28. The van der Waals surface area contributed by atoms with Crippen LogP contribution in [0.25, 0.3) is 0 Å². The summed E-state index contributed by atoms with van der Waals surface area (Å²) in [7, 11) is 1.70. The molecule has 1 amide bonds. The second kappa shape index (κ2) is 7.48. The van der Waals surface area contributed by atoms with E-state index >= 15 is 0 Å². The van der Waals surface area contributed by atoms with Crippen molar-refractivity contribution in [1.29, 1.82) is 0 Å². The van der Waals surface area contributed by atoms with Crippen LogP contribution in [0.5, 0.6) is 0 Å². The predicted octanol–water partition coefficient (Wildman–Crippen LogP) is 1.13. The number of thiophene rings is 1. The first kappa shape index (κ1) is 15.1. The maximum absolute atomic E-state index is 11.4. The van der Waals surface area contributed by atoms with Gasteiger partial charge in [0.25, 0.3) is 5.91 Å². The minimum absolute atomic E-state index is 0.228. The third kappa shape index (κ3) is 4.06. The largest absolute Gasteiger partial charge is 0.383 e. The number of nitrogen functional groups attached to an aromatic ring is 1. The van der Waals surface area contributed by atoms with Crippen molar-refractivity contribution in [3.63, 3.8) is 0 Å². The first-order valence-corrected chi connectivity index (χ1v) is 6.75. The van der Waals surface area contributed by atoms with E-state index in [1.165, 1.54) is 16.9 Å². The number of carbonyl (C=O) groups is 1. The zero-order chi connectivity index (χ0) is 13.5. The van der Waals surface area contributed by atoms with Gasteiger partial charge in [0.05, 0.1) is 11.5 Å². The topological polar surface area (TPSA) is 67.6 Å². The van der Waals surface area contributed by atoms with Gasteiger partial charge in [-0.3, -0.25) is 15.1 Å². The minimum atomic E-state index is -0.228. The molecule has 0 fully saturated rings. The Hall–Kier alpha value is -0.950. The summed E-state index contributed by atoms with van der Waals surface area (Å²) in [5.74, 6) is 4.91. The lowest BCUT2D eigenvalue weighted by atomic mass is 10.2. The number of nitrogens with zero attached hydrogens (tertiary/aromatic N) is 1. The zero-order valence-corrected chi connectivity index (χ0v) is 12.0. The molecule has 0 saturated heterocycles. The Morgan fingerprint density at radius 2 is 2.33 bits per heavy atom. The average Bonchev–Trinajstić information content (AvgIpc) is 2.74. The lowest BCUT2D eigenvalue weighted by Crippen LogP contribution is -2.29. The van der Waals surface area contributed by atoms with Crippen LogP contribution < -0.4 is 11.3 Å². The van der Waals surface area contributed by atoms with Gasteiger partial charge in [-0.1, -0.05) is 6.92 Å². The van der Waals surface area contributed by atoms with Crippen LogP contribution >= 0.6 is 11.3 Å². The monoisotopic (exact) mass is 271 g/mol. The molecule has 0 saturated carbocycles. The van der Waals surface area contributed by atoms with E-state index in [0.717, 1.165) is 24.5 Å². The summed E-state index contributed by atoms with van der Waals surface area (Å²) >= 11 is 1.47. The Bertz CT molecular complexity index is 393. The molecule has 1 aromatic heterocycles. The van der Waals surface area contributed by atoms with E-state index in [0.29, 0.717) is 11.5 Å². The number of hydrogen-bond acceptors (Lipinski definition) is 5. The van der Waals surface area contributed by atoms with Crippen molar-refractivity contribution in [3.8, 4) is 0 Å². The smallest absolute Gasteiger partial charge is 0.275 e. The number of methoxy groups -OCH3 is 1. The number of carbonyl (C=O) groups excluding carboxylic acids is 1. The third-order valence-electron chi connectivity index (χ3n) is 2.83. The molecular formula is C12H21N3O2S. The van der Waals surface area contributed by atoms with E-state index < -0.39 is 0 Å². The molecule has 1 heterocycles. The molecule has 0 radical (unpaired) electrons. The minimum Gasteiger partial charge on any atom is -0.383 e. The summed E-state index contributed by atoms with van der Waals surface area (Å²) in [5.41, 5.74) is 3.34. The SMILES string of the molecule is CCN(CCOC)Cc1cc(C(=O)NN)sc1C. The molecule has 1 aromatic rings. The number of rotatable bonds is 7. The Balaban J connectivity index is 2.70. The maximum Gasteiger partial charge on any atom is 0.275 e. The fourth-order valence-corrected chi connectivity index (χ4v) is 2.61. The summed E-state index contributed by atoms with van der Waals surface area (Å²) in [6, 6.07) is 1.91. The van der Waals surface area contributed by atoms with Crippen molar-refractivity contribution < 1.29 is 9.53 Å². The molecule has 1 rings (SSSR count). The summed E-state index contributed by atoms with van der Waals surface area (Å²) < 4.78 is 5.08. The van der Waals surface area contributed by atoms with Crippen LogP contribution in [0.4, 0.5) is 0 Å². The van der Waals surface area contributed by atoms with Crippen LogP contribution in [0.1, 0.15) is 27.0 Å². The lowest BCUT2D eigenvalue weighted by Gasteiger charge is -2.19. The predicted molar refractivity (Wildman–Crippen MR) is 73.5 cm³/mol. The molecule has 0 aliphatic carbocycles. The molecule has 0 atom stereocenters. The number of hydrogen-bond donors (Lipinski definition) is 2. The van der Waals surface area contributed by atoms with Crippen molar-refractivity contribution in [1.82, 2.24) is 10.3 Å². The second-order valence-electron chi connectivity index (χ2n) is 4.03. The molecule has 0 aromatic carbocycles. The molecule has 0 spiro atoms. The van der Waals surface area contributed by atoms with Crippen LogP contribution in [0, 0.1) is 6.92 Å². The molecule has 0 aliphatic heterocycles. The van der Waals surface area contributed by atoms with Crippen LogP contribution in [-0.2, 0) is 11.3 Å². The van der Waals surface area contributed by atoms with E-state index in [-0.39, 0.29) is 5.91 Å². The van der Waals surface area contributed by atoms with Crippen molar-refractivity contribution in [2.45, 2.75) is 20.4 Å². The number of nitrogens with two attached hydrogens (primary N) is 1. The van der Waals surface area contributed by atoms with Gasteiger partial charge in [0.15, 0.2) is 0 Å². The van der Waals surface area contributed by atoms with Gasteiger partial charge in [0, 0.05) is 25.1 Å². The summed E-state index contributed by atoms with van der Waals surface area (Å²) in [6.07, 6.45) is 0. The van der Waals surface area contributed by atoms with Gasteiger partial charge in [-0.2, -0.15) is 0 Å². The number of hydrazine groups is 1. The van der Waals surface area contributed by atoms with Crippen LogP contribution in [0.2, 0.25) is 0 Å². The van der Waals surface area contributed by atoms with Crippen LogP contribution in [0.3, 0.4) is 0 Å². The molecular weight excluding hydrogens is 250 g/mol. The van der Waals surface area contributed by atoms with E-state index in [9.17, 15) is 4.79 Å². The van der Waals surface area contributed by atoms with E-state index in [4.69, 9.17) is 10.6 Å². The van der Waals surface area contributed by atoms with Crippen LogP contribution in [0.15, 0.2) is 6.07 Å². The summed E-state index contributed by atoms with van der Waals surface area (Å²) in [4.78, 5) is 15.5. The van der Waals surface area contributed by atoms with Gasteiger partial charge in [0.2, 0.25) is 0 Å². The summed E-state index contributed by atoms with van der Waals surface area (Å²) in [6.45, 7) is 7.54. The van der Waals surface area contributed by atoms with Gasteiger partial charge < -0.3 is 4.74 Å². The maximum atomic E-state index is 11.4. The lowest BCUT2D eigenvalue weighted by molar-refractivity contribution is 0.0957. The van der Waals surface area contributed by atoms with Gasteiger partial charge in [-0.05, 0) is 25.1 Å². The first-order chi connectivity index (χ1) is 8.62. The molecule has 3 N–H and O–H groups in total. The highest BCUT2D eigenvalue weighted by Crippen LogP contribution is 2.22. The summed E-state index contributed by atoms with van der Waals surface area (Å²) in [5, 5.41) is 0. The molecule has 0 unspecified atom stereocenters. The van der Waals surface area contributed by atoms with Crippen molar-refractivity contribution in [3.05, 3.63) is 21.4 Å². The average molecular weight is 271 g/mol. The molecule has 6 heteroatoms. The van der Waals surface area contributed by atoms with E-state index in [1.807, 2.05) is 13.0 Å². The number of likely N-dealkylation sites (N-methyl/N-ethyl adjacent to an activating group) is 1. The molecule has 0 aliphatic rings. The Morgan fingerprint density at radius 3 is 2.89 bits per heavy atom. The normalized spacial score (nSPS) is 10.9. The highest BCUT2D eigenvalue weighted by atomic mass is 32.1. The fraction of sp³-hybridized carbons (Fsp3) is 0.583. The first-order valence-electron chi connectivity index (χ1n) is 5.93. The van der Waals surface area contributed by atoms with Gasteiger partial charge in [0.1, 0.15) is 0 Å². The quantitative estimate of drug-likeness (QED) is 0.443. The Morgan fingerprint density at radius 1 is 1.61 bits per heavy atom. The van der Waals surface area contributed by atoms with Crippen molar-refractivity contribution >= 4 is 17.2 Å². The molecule has 5 nitrogen and oxygen atoms in total. The number of amides is 1. The van der Waals surface area contributed by atoms with Crippen molar-refractivity contribution in [2.24, 2.45) is 5.84 Å². The number of aryl methyl sites for hydroxylation is 1. The van der Waals surface area contributed by atoms with Crippen LogP contribution in [-0.4, -0.2) is 37.6 Å². The van der Waals surface area contributed by atoms with E-state index in [1.54, 1.807) is 7.11 Å². The molecule has 18 heavy (non-hydrogen) atoms. The van der Waals surface area contributed by atoms with E-state index in [2.05, 4.69) is 17.2 Å². The van der Waals surface area contributed by atoms with Gasteiger partial charge >= 0.3 is 0 Å². The Labute approximate surface area is 112 Å². The zero-order valence-electron chi connectivity index (χ0n) is 11.2. The number of nitrogens with one attached hydrogen (secondary N) is 1. The molecule has 0 bridgehead atoms. The second-order valence-corrected chi connectivity index (χ2v) is 5.28. The standard InChI is InChI=1S/C12H21N3O2S/c1-4-15(5-6-17-3)8-10-7-11(12(16)14-13)18-9(10)2/h7H,4-6,8,13H2,1-3H3,(H,14,16). The third-order valence-corrected chi connectivity index (χ3v) is 3.92. The number of ether oxygens (including phenoxy) is 1. The molecule has 102 valence electrons. The van der Waals surface area contributed by atoms with Gasteiger partial charge in [-0.15, -0.1) is 11.3 Å².